The Hall–Kier alpha value is -1.02. The highest BCUT2D eigenvalue weighted by atomic mass is 16.5. The van der Waals surface area contributed by atoms with Gasteiger partial charge in [-0.05, 0) is 36.6 Å². The average molecular weight is 203 g/mol. The summed E-state index contributed by atoms with van der Waals surface area (Å²) in [5.41, 5.74) is 2.83. The first kappa shape index (κ1) is 9.22. The molecular formula is C13H17NO. The summed E-state index contributed by atoms with van der Waals surface area (Å²) >= 11 is 0. The van der Waals surface area contributed by atoms with Gasteiger partial charge < -0.3 is 10.1 Å². The minimum atomic E-state index is 0.574. The molecule has 0 bridgehead atoms. The van der Waals surface area contributed by atoms with Crippen LogP contribution >= 0.6 is 0 Å². The summed E-state index contributed by atoms with van der Waals surface area (Å²) in [5.74, 6) is 1.09. The van der Waals surface area contributed by atoms with Crippen molar-refractivity contribution < 1.29 is 4.74 Å². The number of benzene rings is 1. The maximum atomic E-state index is 5.52. The van der Waals surface area contributed by atoms with Crippen LogP contribution in [-0.2, 0) is 6.42 Å². The highest BCUT2D eigenvalue weighted by Crippen LogP contribution is 2.30. The van der Waals surface area contributed by atoms with E-state index in [1.807, 2.05) is 0 Å². The van der Waals surface area contributed by atoms with Crippen LogP contribution < -0.4 is 10.1 Å². The lowest BCUT2D eigenvalue weighted by Gasteiger charge is -2.24. The monoisotopic (exact) mass is 203 g/mol. The number of hydrogen-bond donors (Lipinski definition) is 1. The summed E-state index contributed by atoms with van der Waals surface area (Å²) in [6.45, 7) is 2.02. The van der Waals surface area contributed by atoms with Crippen LogP contribution in [0.25, 0.3) is 0 Å². The minimum absolute atomic E-state index is 0.574. The fourth-order valence-electron chi connectivity index (χ4n) is 2.56. The summed E-state index contributed by atoms with van der Waals surface area (Å²) < 4.78 is 5.52. The van der Waals surface area contributed by atoms with E-state index in [0.717, 1.165) is 25.3 Å². The van der Waals surface area contributed by atoms with Gasteiger partial charge in [0.1, 0.15) is 5.75 Å². The summed E-state index contributed by atoms with van der Waals surface area (Å²) in [5, 5.41) is 3.59. The van der Waals surface area contributed by atoms with Gasteiger partial charge in [0.15, 0.2) is 0 Å². The van der Waals surface area contributed by atoms with Gasteiger partial charge in [0, 0.05) is 12.5 Å². The SMILES string of the molecule is c1cc2c(cc1[C@H]1CCCCN1)CCO2. The number of hydrogen-bond acceptors (Lipinski definition) is 2. The zero-order chi connectivity index (χ0) is 10.1. The minimum Gasteiger partial charge on any atom is -0.493 e. The van der Waals surface area contributed by atoms with Gasteiger partial charge in [-0.1, -0.05) is 18.6 Å². The third-order valence-corrected chi connectivity index (χ3v) is 3.43. The van der Waals surface area contributed by atoms with Gasteiger partial charge in [-0.3, -0.25) is 0 Å². The van der Waals surface area contributed by atoms with Crippen LogP contribution in [0, 0.1) is 0 Å². The predicted octanol–water partition coefficient (Wildman–Crippen LogP) is 2.44. The molecule has 1 N–H and O–H groups in total. The topological polar surface area (TPSA) is 21.3 Å². The molecule has 2 heteroatoms. The molecule has 0 aliphatic carbocycles. The molecule has 2 aliphatic heterocycles. The molecule has 0 saturated carbocycles. The molecule has 3 rings (SSSR count). The number of fused-ring (bicyclic) bond motifs is 1. The van der Waals surface area contributed by atoms with Gasteiger partial charge in [0.05, 0.1) is 6.61 Å². The first-order valence-electron chi connectivity index (χ1n) is 5.92. The van der Waals surface area contributed by atoms with Crippen molar-refractivity contribution in [2.24, 2.45) is 0 Å². The second-order valence-electron chi connectivity index (χ2n) is 4.47. The van der Waals surface area contributed by atoms with Crippen LogP contribution in [0.2, 0.25) is 0 Å². The molecule has 2 heterocycles. The Morgan fingerprint density at radius 2 is 2.27 bits per heavy atom. The Balaban J connectivity index is 1.85. The third-order valence-electron chi connectivity index (χ3n) is 3.43. The van der Waals surface area contributed by atoms with Crippen molar-refractivity contribution in [1.29, 1.82) is 0 Å². The van der Waals surface area contributed by atoms with Crippen molar-refractivity contribution in [3.8, 4) is 5.75 Å². The quantitative estimate of drug-likeness (QED) is 0.757. The standard InChI is InChI=1S/C13H17NO/c1-2-7-14-12(3-1)10-4-5-13-11(9-10)6-8-15-13/h4-5,9,12,14H,1-3,6-8H2/t12-/m1/s1. The van der Waals surface area contributed by atoms with Gasteiger partial charge in [-0.2, -0.15) is 0 Å². The molecular weight excluding hydrogens is 186 g/mol. The Bertz CT molecular complexity index is 356. The van der Waals surface area contributed by atoms with E-state index < -0.39 is 0 Å². The molecule has 0 radical (unpaired) electrons. The van der Waals surface area contributed by atoms with Crippen LogP contribution in [0.4, 0.5) is 0 Å². The normalized spacial score (nSPS) is 24.7. The molecule has 2 aliphatic rings. The number of piperidine rings is 1. The van der Waals surface area contributed by atoms with Crippen molar-refractivity contribution in [2.75, 3.05) is 13.2 Å². The largest absolute Gasteiger partial charge is 0.493 e. The van der Waals surface area contributed by atoms with E-state index >= 15 is 0 Å². The molecule has 0 unspecified atom stereocenters. The summed E-state index contributed by atoms with van der Waals surface area (Å²) in [6, 6.07) is 7.25. The van der Waals surface area contributed by atoms with E-state index in [9.17, 15) is 0 Å². The molecule has 80 valence electrons. The van der Waals surface area contributed by atoms with Crippen molar-refractivity contribution in [2.45, 2.75) is 31.7 Å². The average Bonchev–Trinajstić information content (AvgIpc) is 2.77. The fourth-order valence-corrected chi connectivity index (χ4v) is 2.56. The Kier molecular flexibility index (Phi) is 2.37. The Morgan fingerprint density at radius 3 is 3.13 bits per heavy atom. The first-order valence-corrected chi connectivity index (χ1v) is 5.92. The number of nitrogens with one attached hydrogen (secondary N) is 1. The first-order chi connectivity index (χ1) is 7.43. The lowest BCUT2D eigenvalue weighted by molar-refractivity contribution is 0.356. The van der Waals surface area contributed by atoms with Gasteiger partial charge in [-0.25, -0.2) is 0 Å². The molecule has 1 aromatic carbocycles. The highest BCUT2D eigenvalue weighted by molar-refractivity contribution is 5.40. The van der Waals surface area contributed by atoms with Gasteiger partial charge in [0.2, 0.25) is 0 Å². The van der Waals surface area contributed by atoms with Crippen LogP contribution in [0.1, 0.15) is 36.4 Å². The zero-order valence-corrected chi connectivity index (χ0v) is 8.96. The fraction of sp³-hybridized carbons (Fsp3) is 0.538. The Morgan fingerprint density at radius 1 is 1.27 bits per heavy atom. The lowest BCUT2D eigenvalue weighted by atomic mass is 9.96. The smallest absolute Gasteiger partial charge is 0.122 e. The van der Waals surface area contributed by atoms with E-state index in [1.54, 1.807) is 0 Å². The third kappa shape index (κ3) is 1.74. The summed E-state index contributed by atoms with van der Waals surface area (Å²) in [7, 11) is 0. The van der Waals surface area contributed by atoms with Crippen LogP contribution in [0.15, 0.2) is 18.2 Å². The molecule has 1 atom stereocenters. The molecule has 0 amide bonds. The van der Waals surface area contributed by atoms with Gasteiger partial charge in [0.25, 0.3) is 0 Å². The maximum absolute atomic E-state index is 5.52. The van der Waals surface area contributed by atoms with Crippen molar-refractivity contribution in [1.82, 2.24) is 5.32 Å². The van der Waals surface area contributed by atoms with E-state index in [4.69, 9.17) is 4.74 Å². The van der Waals surface area contributed by atoms with Crippen molar-refractivity contribution in [3.05, 3.63) is 29.3 Å². The molecule has 1 aromatic rings. The molecule has 0 spiro atoms. The molecule has 2 nitrogen and oxygen atoms in total. The second kappa shape index (κ2) is 3.86. The maximum Gasteiger partial charge on any atom is 0.122 e. The predicted molar refractivity (Wildman–Crippen MR) is 60.2 cm³/mol. The van der Waals surface area contributed by atoms with E-state index in [2.05, 4.69) is 23.5 Å². The lowest BCUT2D eigenvalue weighted by Crippen LogP contribution is -2.26. The number of ether oxygens (including phenoxy) is 1. The van der Waals surface area contributed by atoms with Crippen LogP contribution in [0.3, 0.4) is 0 Å². The van der Waals surface area contributed by atoms with Crippen LogP contribution in [0.5, 0.6) is 5.75 Å². The van der Waals surface area contributed by atoms with Gasteiger partial charge >= 0.3 is 0 Å². The van der Waals surface area contributed by atoms with Crippen molar-refractivity contribution >= 4 is 0 Å². The molecule has 15 heavy (non-hydrogen) atoms. The summed E-state index contributed by atoms with van der Waals surface area (Å²) in [4.78, 5) is 0. The number of rotatable bonds is 1. The van der Waals surface area contributed by atoms with E-state index in [-0.39, 0.29) is 0 Å². The molecule has 1 fully saturated rings. The van der Waals surface area contributed by atoms with E-state index in [1.165, 1.54) is 30.4 Å². The second-order valence-corrected chi connectivity index (χ2v) is 4.47. The Labute approximate surface area is 90.6 Å². The molecule has 0 aromatic heterocycles. The van der Waals surface area contributed by atoms with Gasteiger partial charge in [-0.15, -0.1) is 0 Å². The molecule has 1 saturated heterocycles. The van der Waals surface area contributed by atoms with Crippen molar-refractivity contribution in [3.63, 3.8) is 0 Å². The summed E-state index contributed by atoms with van der Waals surface area (Å²) in [6.07, 6.45) is 5.03. The van der Waals surface area contributed by atoms with Crippen LogP contribution in [-0.4, -0.2) is 13.2 Å². The highest BCUT2D eigenvalue weighted by Gasteiger charge is 2.18. The van der Waals surface area contributed by atoms with E-state index in [0.29, 0.717) is 6.04 Å². The zero-order valence-electron chi connectivity index (χ0n) is 8.96.